The zero-order valence-corrected chi connectivity index (χ0v) is 21.0. The van der Waals surface area contributed by atoms with Gasteiger partial charge in [0.2, 0.25) is 5.91 Å². The summed E-state index contributed by atoms with van der Waals surface area (Å²) in [6.45, 7) is 11.9. The Morgan fingerprint density at radius 3 is 2.50 bits per heavy atom. The van der Waals surface area contributed by atoms with Gasteiger partial charge < -0.3 is 4.90 Å². The van der Waals surface area contributed by atoms with Gasteiger partial charge in [-0.1, -0.05) is 31.3 Å². The van der Waals surface area contributed by atoms with E-state index in [-0.39, 0.29) is 11.7 Å². The summed E-state index contributed by atoms with van der Waals surface area (Å²) in [6, 6.07) is 10.8. The van der Waals surface area contributed by atoms with Gasteiger partial charge in [-0.05, 0) is 80.6 Å². The number of anilines is 1. The number of hydrogen-bond acceptors (Lipinski definition) is 5. The highest BCUT2D eigenvalue weighted by Crippen LogP contribution is 2.32. The Bertz CT molecular complexity index is 1030. The smallest absolute Gasteiger partial charge is 0.228 e. The van der Waals surface area contributed by atoms with E-state index < -0.39 is 0 Å². The highest BCUT2D eigenvalue weighted by Gasteiger charge is 2.21. The fraction of sp³-hybridized carbons (Fsp3) is 0.440. The Hall–Kier alpha value is -1.96. The second kappa shape index (κ2) is 11.8. The number of amides is 1. The van der Waals surface area contributed by atoms with Crippen LogP contribution < -0.4 is 4.90 Å². The highest BCUT2D eigenvalue weighted by atomic mass is 32.2. The quantitative estimate of drug-likeness (QED) is 0.242. The lowest BCUT2D eigenvalue weighted by Crippen LogP contribution is -2.38. The number of fused-ring (bicyclic) bond motifs is 1. The zero-order chi connectivity index (χ0) is 23.1. The minimum atomic E-state index is -0.227. The van der Waals surface area contributed by atoms with Crippen LogP contribution in [0.15, 0.2) is 41.3 Å². The molecular weight excluding hydrogens is 441 g/mol. The predicted molar refractivity (Wildman–Crippen MR) is 136 cm³/mol. The number of halogens is 1. The van der Waals surface area contributed by atoms with Crippen molar-refractivity contribution in [3.63, 3.8) is 0 Å². The number of likely N-dealkylation sites (N-methyl/N-ethyl adjacent to an activating group) is 1. The summed E-state index contributed by atoms with van der Waals surface area (Å²) < 4.78 is 14.2. The third-order valence-electron chi connectivity index (χ3n) is 5.50. The van der Waals surface area contributed by atoms with Gasteiger partial charge in [0.1, 0.15) is 5.82 Å². The Kier molecular flexibility index (Phi) is 9.08. The van der Waals surface area contributed by atoms with Crippen molar-refractivity contribution in [1.29, 1.82) is 0 Å². The molecule has 0 saturated heterocycles. The van der Waals surface area contributed by atoms with Crippen molar-refractivity contribution < 1.29 is 9.18 Å². The summed E-state index contributed by atoms with van der Waals surface area (Å²) >= 11 is 3.25. The second-order valence-electron chi connectivity index (χ2n) is 7.90. The van der Waals surface area contributed by atoms with Crippen molar-refractivity contribution >= 4 is 44.4 Å². The van der Waals surface area contributed by atoms with Gasteiger partial charge in [0.05, 0.1) is 10.2 Å². The van der Waals surface area contributed by atoms with E-state index in [4.69, 9.17) is 4.98 Å². The van der Waals surface area contributed by atoms with Gasteiger partial charge in [-0.3, -0.25) is 9.69 Å². The fourth-order valence-corrected chi connectivity index (χ4v) is 5.70. The van der Waals surface area contributed by atoms with E-state index in [1.165, 1.54) is 17.7 Å². The molecule has 172 valence electrons. The lowest BCUT2D eigenvalue weighted by Gasteiger charge is -2.24. The van der Waals surface area contributed by atoms with Crippen molar-refractivity contribution in [1.82, 2.24) is 9.88 Å². The third kappa shape index (κ3) is 6.53. The SMILES string of the molecule is CCN(CC)CCN(C(=O)CCCSc1ccc(F)cc1)c1nc2c(C)cc(C)cc2s1. The molecule has 0 aliphatic carbocycles. The van der Waals surface area contributed by atoms with E-state index in [0.717, 1.165) is 57.6 Å². The number of thiazole rings is 1. The predicted octanol–water partition coefficient (Wildman–Crippen LogP) is 6.30. The van der Waals surface area contributed by atoms with Gasteiger partial charge in [0, 0.05) is 24.4 Å². The van der Waals surface area contributed by atoms with E-state index in [9.17, 15) is 9.18 Å². The molecule has 0 unspecified atom stereocenters. The molecule has 1 heterocycles. The number of aromatic nitrogens is 1. The van der Waals surface area contributed by atoms with Crippen LogP contribution in [0.1, 0.15) is 37.8 Å². The molecule has 3 rings (SSSR count). The monoisotopic (exact) mass is 473 g/mol. The van der Waals surface area contributed by atoms with E-state index in [1.54, 1.807) is 35.2 Å². The summed E-state index contributed by atoms with van der Waals surface area (Å²) in [5.41, 5.74) is 3.35. The Morgan fingerprint density at radius 1 is 1.09 bits per heavy atom. The van der Waals surface area contributed by atoms with Gasteiger partial charge in [0.15, 0.2) is 5.13 Å². The molecule has 4 nitrogen and oxygen atoms in total. The van der Waals surface area contributed by atoms with Crippen LogP contribution in [-0.4, -0.2) is 47.7 Å². The Labute approximate surface area is 198 Å². The number of carbonyl (C=O) groups is 1. The van der Waals surface area contributed by atoms with Gasteiger partial charge in [-0.15, -0.1) is 11.8 Å². The number of thioether (sulfide) groups is 1. The second-order valence-corrected chi connectivity index (χ2v) is 10.1. The fourth-order valence-electron chi connectivity index (χ4n) is 3.66. The normalized spacial score (nSPS) is 11.4. The van der Waals surface area contributed by atoms with Crippen molar-refractivity contribution in [2.24, 2.45) is 0 Å². The number of nitrogens with zero attached hydrogens (tertiary/aromatic N) is 3. The summed E-state index contributed by atoms with van der Waals surface area (Å²) in [5.74, 6) is 0.708. The van der Waals surface area contributed by atoms with Crippen LogP contribution in [0.25, 0.3) is 10.2 Å². The number of rotatable bonds is 11. The standard InChI is InChI=1S/C25H32FN3OS2/c1-5-28(6-2)13-14-29(25-27-24-19(4)16-18(3)17-22(24)32-25)23(30)8-7-15-31-21-11-9-20(26)10-12-21/h9-12,16-17H,5-8,13-15H2,1-4H3. The van der Waals surface area contributed by atoms with Crippen molar-refractivity contribution in [3.8, 4) is 0 Å². The van der Waals surface area contributed by atoms with Gasteiger partial charge in [-0.25, -0.2) is 9.37 Å². The van der Waals surface area contributed by atoms with Crippen LogP contribution in [0, 0.1) is 19.7 Å². The van der Waals surface area contributed by atoms with E-state index in [0.29, 0.717) is 13.0 Å². The average Bonchev–Trinajstić information content (AvgIpc) is 3.19. The summed E-state index contributed by atoms with van der Waals surface area (Å²) in [6.07, 6.45) is 1.24. The molecular formula is C25H32FN3OS2. The van der Waals surface area contributed by atoms with Gasteiger partial charge in [-0.2, -0.15) is 0 Å². The summed E-state index contributed by atoms with van der Waals surface area (Å²) in [4.78, 5) is 23.3. The molecule has 0 bridgehead atoms. The molecule has 7 heteroatoms. The first kappa shape index (κ1) is 24.7. The maximum atomic E-state index is 13.2. The van der Waals surface area contributed by atoms with Crippen molar-refractivity contribution in [3.05, 3.63) is 53.3 Å². The molecule has 2 aromatic carbocycles. The van der Waals surface area contributed by atoms with Crippen LogP contribution in [0.4, 0.5) is 9.52 Å². The number of benzene rings is 2. The first-order valence-electron chi connectivity index (χ1n) is 11.2. The van der Waals surface area contributed by atoms with Crippen molar-refractivity contribution in [2.45, 2.75) is 45.4 Å². The third-order valence-corrected chi connectivity index (χ3v) is 7.63. The van der Waals surface area contributed by atoms with Crippen LogP contribution in [0.2, 0.25) is 0 Å². The molecule has 0 fully saturated rings. The van der Waals surface area contributed by atoms with Crippen LogP contribution in [0.3, 0.4) is 0 Å². The number of aryl methyl sites for hydroxylation is 2. The minimum Gasteiger partial charge on any atom is -0.302 e. The molecule has 1 aromatic heterocycles. The first-order valence-corrected chi connectivity index (χ1v) is 13.0. The molecule has 3 aromatic rings. The van der Waals surface area contributed by atoms with Crippen LogP contribution in [0.5, 0.6) is 0 Å². The molecule has 1 amide bonds. The lowest BCUT2D eigenvalue weighted by atomic mass is 10.1. The molecule has 0 atom stereocenters. The van der Waals surface area contributed by atoms with Crippen molar-refractivity contribution in [2.75, 3.05) is 36.8 Å². The van der Waals surface area contributed by atoms with Gasteiger partial charge >= 0.3 is 0 Å². The number of hydrogen-bond donors (Lipinski definition) is 0. The number of carbonyl (C=O) groups excluding carboxylic acids is 1. The largest absolute Gasteiger partial charge is 0.302 e. The molecule has 0 saturated carbocycles. The first-order chi connectivity index (χ1) is 15.4. The summed E-state index contributed by atoms with van der Waals surface area (Å²) in [7, 11) is 0. The van der Waals surface area contributed by atoms with Crippen LogP contribution in [-0.2, 0) is 4.79 Å². The molecule has 0 spiro atoms. The molecule has 32 heavy (non-hydrogen) atoms. The zero-order valence-electron chi connectivity index (χ0n) is 19.4. The highest BCUT2D eigenvalue weighted by molar-refractivity contribution is 7.99. The molecule has 0 radical (unpaired) electrons. The van der Waals surface area contributed by atoms with E-state index in [1.807, 2.05) is 4.90 Å². The average molecular weight is 474 g/mol. The van der Waals surface area contributed by atoms with E-state index >= 15 is 0 Å². The Morgan fingerprint density at radius 2 is 1.81 bits per heavy atom. The minimum absolute atomic E-state index is 0.116. The molecule has 0 aliphatic rings. The summed E-state index contributed by atoms with van der Waals surface area (Å²) in [5, 5.41) is 0.789. The van der Waals surface area contributed by atoms with Gasteiger partial charge in [0.25, 0.3) is 0 Å². The lowest BCUT2D eigenvalue weighted by molar-refractivity contribution is -0.118. The maximum Gasteiger partial charge on any atom is 0.228 e. The maximum absolute atomic E-state index is 13.2. The Balaban J connectivity index is 1.69. The molecule has 0 aliphatic heterocycles. The van der Waals surface area contributed by atoms with Crippen LogP contribution >= 0.6 is 23.1 Å². The van der Waals surface area contributed by atoms with E-state index in [2.05, 4.69) is 44.7 Å². The topological polar surface area (TPSA) is 36.4 Å². The molecule has 0 N–H and O–H groups in total.